The third-order valence-electron chi connectivity index (χ3n) is 2.93. The van der Waals surface area contributed by atoms with E-state index in [-0.39, 0.29) is 0 Å². The van der Waals surface area contributed by atoms with Crippen molar-refractivity contribution in [3.63, 3.8) is 0 Å². The topological polar surface area (TPSA) is 27.3 Å². The summed E-state index contributed by atoms with van der Waals surface area (Å²) in [6.45, 7) is 6.94. The van der Waals surface area contributed by atoms with Crippen LogP contribution in [0.4, 0.5) is 0 Å². The maximum Gasteiger partial charge on any atom is 0.166 e. The first-order valence-corrected chi connectivity index (χ1v) is 5.85. The summed E-state index contributed by atoms with van der Waals surface area (Å²) in [6.07, 6.45) is 2.60. The lowest BCUT2D eigenvalue weighted by Crippen LogP contribution is -2.40. The largest absolute Gasteiger partial charge is 0.366 e. The summed E-state index contributed by atoms with van der Waals surface area (Å²) in [4.78, 5) is 2.51. The van der Waals surface area contributed by atoms with Crippen molar-refractivity contribution >= 4 is 17.3 Å². The first-order valence-electron chi connectivity index (χ1n) is 5.44. The Morgan fingerprint density at radius 2 is 2.07 bits per heavy atom. The van der Waals surface area contributed by atoms with Crippen LogP contribution in [0.5, 0.6) is 0 Å². The van der Waals surface area contributed by atoms with Gasteiger partial charge in [0.25, 0.3) is 0 Å². The van der Waals surface area contributed by atoms with Crippen LogP contribution in [0.1, 0.15) is 19.8 Å². The van der Waals surface area contributed by atoms with Gasteiger partial charge in [-0.3, -0.25) is 0 Å². The van der Waals surface area contributed by atoms with Gasteiger partial charge in [0.05, 0.1) is 0 Å². The summed E-state index contributed by atoms with van der Waals surface area (Å²) in [5.74, 6) is 0.795. The van der Waals surface area contributed by atoms with E-state index in [2.05, 4.69) is 22.5 Å². The van der Waals surface area contributed by atoms with Crippen molar-refractivity contribution in [3.8, 4) is 0 Å². The lowest BCUT2D eigenvalue weighted by atomic mass is 9.97. The molecule has 1 aliphatic rings. The summed E-state index contributed by atoms with van der Waals surface area (Å²) in [5.41, 5.74) is 0. The Balaban J connectivity index is 2.13. The molecule has 0 amide bonds. The van der Waals surface area contributed by atoms with Gasteiger partial charge in [-0.2, -0.15) is 0 Å². The highest BCUT2D eigenvalue weighted by Gasteiger charge is 2.17. The number of likely N-dealkylation sites (tertiary alicyclic amines) is 1. The molecule has 2 N–H and O–H groups in total. The number of piperidine rings is 1. The van der Waals surface area contributed by atoms with Crippen LogP contribution in [0.2, 0.25) is 0 Å². The number of rotatable bonds is 3. The molecule has 3 nitrogen and oxygen atoms in total. The fraction of sp³-hybridized carbons (Fsp3) is 0.900. The van der Waals surface area contributed by atoms with E-state index >= 15 is 0 Å². The lowest BCUT2D eigenvalue weighted by molar-refractivity contribution is 0.193. The van der Waals surface area contributed by atoms with E-state index in [0.717, 1.165) is 17.6 Å². The van der Waals surface area contributed by atoms with Crippen molar-refractivity contribution in [3.05, 3.63) is 0 Å². The monoisotopic (exact) mass is 215 g/mol. The molecule has 1 aliphatic heterocycles. The SMILES string of the molecule is CCN1CCC(CNC(=S)NC)CC1. The summed E-state index contributed by atoms with van der Waals surface area (Å²) >= 11 is 5.04. The predicted octanol–water partition coefficient (Wildman–Crippen LogP) is 0.812. The smallest absolute Gasteiger partial charge is 0.166 e. The zero-order valence-electron chi connectivity index (χ0n) is 9.18. The number of hydrogen-bond acceptors (Lipinski definition) is 2. The fourth-order valence-electron chi connectivity index (χ4n) is 1.83. The maximum absolute atomic E-state index is 5.04. The van der Waals surface area contributed by atoms with E-state index in [1.807, 2.05) is 7.05 Å². The molecule has 14 heavy (non-hydrogen) atoms. The zero-order valence-corrected chi connectivity index (χ0v) is 9.99. The van der Waals surface area contributed by atoms with Crippen LogP contribution >= 0.6 is 12.2 Å². The average Bonchev–Trinajstić information content (AvgIpc) is 2.26. The third kappa shape index (κ3) is 3.80. The molecule has 0 radical (unpaired) electrons. The van der Waals surface area contributed by atoms with Gasteiger partial charge in [0.2, 0.25) is 0 Å². The van der Waals surface area contributed by atoms with Gasteiger partial charge in [0, 0.05) is 13.6 Å². The minimum atomic E-state index is 0.767. The molecule has 82 valence electrons. The molecule has 0 unspecified atom stereocenters. The van der Waals surface area contributed by atoms with Gasteiger partial charge in [-0.15, -0.1) is 0 Å². The van der Waals surface area contributed by atoms with Crippen molar-refractivity contribution in [1.29, 1.82) is 0 Å². The summed E-state index contributed by atoms with van der Waals surface area (Å²) < 4.78 is 0. The van der Waals surface area contributed by atoms with Gasteiger partial charge < -0.3 is 15.5 Å². The summed E-state index contributed by atoms with van der Waals surface area (Å²) in [6, 6.07) is 0. The number of thiocarbonyl (C=S) groups is 1. The molecular formula is C10H21N3S. The van der Waals surface area contributed by atoms with Crippen LogP contribution in [0.15, 0.2) is 0 Å². The summed E-state index contributed by atoms with van der Waals surface area (Å²) in [5, 5.41) is 6.94. The average molecular weight is 215 g/mol. The molecule has 1 heterocycles. The molecule has 1 fully saturated rings. The van der Waals surface area contributed by atoms with Crippen LogP contribution < -0.4 is 10.6 Å². The van der Waals surface area contributed by atoms with Crippen molar-refractivity contribution < 1.29 is 0 Å². The normalized spacial score (nSPS) is 19.3. The molecular weight excluding hydrogens is 194 g/mol. The predicted molar refractivity (Wildman–Crippen MR) is 64.5 cm³/mol. The van der Waals surface area contributed by atoms with Gasteiger partial charge in [-0.1, -0.05) is 6.92 Å². The first kappa shape index (κ1) is 11.7. The van der Waals surface area contributed by atoms with E-state index in [1.165, 1.54) is 32.5 Å². The van der Waals surface area contributed by atoms with Crippen LogP contribution in [0.25, 0.3) is 0 Å². The minimum Gasteiger partial charge on any atom is -0.366 e. The maximum atomic E-state index is 5.04. The Kier molecular flexibility index (Phi) is 5.19. The van der Waals surface area contributed by atoms with Crippen molar-refractivity contribution in [1.82, 2.24) is 15.5 Å². The number of nitrogens with zero attached hydrogens (tertiary/aromatic N) is 1. The van der Waals surface area contributed by atoms with E-state index in [0.29, 0.717) is 0 Å². The van der Waals surface area contributed by atoms with E-state index in [1.54, 1.807) is 0 Å². The molecule has 0 aromatic heterocycles. The van der Waals surface area contributed by atoms with Gasteiger partial charge >= 0.3 is 0 Å². The molecule has 0 aliphatic carbocycles. The fourth-order valence-corrected chi connectivity index (χ4v) is 1.92. The molecule has 1 rings (SSSR count). The van der Waals surface area contributed by atoms with E-state index < -0.39 is 0 Å². The van der Waals surface area contributed by atoms with E-state index in [4.69, 9.17) is 12.2 Å². The quantitative estimate of drug-likeness (QED) is 0.681. The van der Waals surface area contributed by atoms with Crippen molar-refractivity contribution in [2.75, 3.05) is 33.2 Å². The second kappa shape index (κ2) is 6.19. The Morgan fingerprint density at radius 3 is 2.57 bits per heavy atom. The molecule has 0 aromatic rings. The van der Waals surface area contributed by atoms with Crippen LogP contribution in [-0.4, -0.2) is 43.2 Å². The molecule has 0 atom stereocenters. The first-order chi connectivity index (χ1) is 6.76. The molecule has 0 bridgehead atoms. The molecule has 0 spiro atoms. The van der Waals surface area contributed by atoms with Crippen molar-refractivity contribution in [2.45, 2.75) is 19.8 Å². The Bertz CT molecular complexity index is 176. The zero-order chi connectivity index (χ0) is 10.4. The second-order valence-electron chi connectivity index (χ2n) is 3.84. The molecule has 0 aromatic carbocycles. The number of hydrogen-bond donors (Lipinski definition) is 2. The second-order valence-corrected chi connectivity index (χ2v) is 4.25. The minimum absolute atomic E-state index is 0.767. The Hall–Kier alpha value is -0.350. The highest BCUT2D eigenvalue weighted by molar-refractivity contribution is 7.80. The Labute approximate surface area is 92.2 Å². The van der Waals surface area contributed by atoms with Crippen LogP contribution in [0, 0.1) is 5.92 Å². The molecule has 1 saturated heterocycles. The highest BCUT2D eigenvalue weighted by atomic mass is 32.1. The van der Waals surface area contributed by atoms with Gasteiger partial charge in [0.1, 0.15) is 0 Å². The number of nitrogens with one attached hydrogen (secondary N) is 2. The van der Waals surface area contributed by atoms with Crippen molar-refractivity contribution in [2.24, 2.45) is 5.92 Å². The van der Waals surface area contributed by atoms with Crippen LogP contribution in [-0.2, 0) is 0 Å². The standard InChI is InChI=1S/C10H21N3S/c1-3-13-6-4-9(5-7-13)8-12-10(14)11-2/h9H,3-8H2,1-2H3,(H2,11,12,14). The van der Waals surface area contributed by atoms with Gasteiger partial charge in [-0.05, 0) is 50.6 Å². The highest BCUT2D eigenvalue weighted by Crippen LogP contribution is 2.15. The van der Waals surface area contributed by atoms with E-state index in [9.17, 15) is 0 Å². The lowest BCUT2D eigenvalue weighted by Gasteiger charge is -2.31. The third-order valence-corrected chi connectivity index (χ3v) is 3.28. The molecule has 4 heteroatoms. The van der Waals surface area contributed by atoms with Gasteiger partial charge in [-0.25, -0.2) is 0 Å². The van der Waals surface area contributed by atoms with Gasteiger partial charge in [0.15, 0.2) is 5.11 Å². The Morgan fingerprint density at radius 1 is 1.43 bits per heavy atom. The van der Waals surface area contributed by atoms with Crippen LogP contribution in [0.3, 0.4) is 0 Å². The molecule has 0 saturated carbocycles. The summed E-state index contributed by atoms with van der Waals surface area (Å²) in [7, 11) is 1.86.